The molecule has 0 radical (unpaired) electrons. The second kappa shape index (κ2) is 8.15. The number of nitrogens with zero attached hydrogens (tertiary/aromatic N) is 1. The van der Waals surface area contributed by atoms with E-state index in [9.17, 15) is 9.59 Å². The third-order valence-corrected chi connectivity index (χ3v) is 4.78. The Labute approximate surface area is 146 Å². The number of benzene rings is 1. The Kier molecular flexibility index (Phi) is 6.20. The molecule has 2 aromatic rings. The zero-order chi connectivity index (χ0) is 17.7. The van der Waals surface area contributed by atoms with Gasteiger partial charge in [0.1, 0.15) is 0 Å². The highest BCUT2D eigenvalue weighted by atomic mass is 32.2. The first-order valence-corrected chi connectivity index (χ1v) is 8.92. The van der Waals surface area contributed by atoms with Crippen LogP contribution >= 0.6 is 11.8 Å². The zero-order valence-electron chi connectivity index (χ0n) is 14.4. The molecule has 2 rings (SSSR count). The highest BCUT2D eigenvalue weighted by Gasteiger charge is 2.20. The lowest BCUT2D eigenvalue weighted by Gasteiger charge is -2.15. The molecule has 128 valence electrons. The predicted octanol–water partition coefficient (Wildman–Crippen LogP) is 3.71. The second-order valence-electron chi connectivity index (χ2n) is 6.00. The summed E-state index contributed by atoms with van der Waals surface area (Å²) in [5.74, 6) is 0.0681. The van der Waals surface area contributed by atoms with E-state index in [0.717, 1.165) is 16.9 Å². The van der Waals surface area contributed by atoms with E-state index in [1.165, 1.54) is 17.8 Å². The maximum absolute atomic E-state index is 12.5. The van der Waals surface area contributed by atoms with Gasteiger partial charge in [0.2, 0.25) is 5.91 Å². The van der Waals surface area contributed by atoms with Gasteiger partial charge in [0.15, 0.2) is 5.16 Å². The van der Waals surface area contributed by atoms with Crippen LogP contribution in [0.2, 0.25) is 0 Å². The van der Waals surface area contributed by atoms with Gasteiger partial charge in [0.25, 0.3) is 5.56 Å². The molecule has 0 fully saturated rings. The Hall–Kier alpha value is -2.08. The third-order valence-electron chi connectivity index (χ3n) is 3.53. The molecule has 6 heteroatoms. The van der Waals surface area contributed by atoms with Crippen LogP contribution in [0.25, 0.3) is 0 Å². The molecule has 5 nitrogen and oxygen atoms in total. The Bertz CT molecular complexity index is 771. The van der Waals surface area contributed by atoms with Crippen molar-refractivity contribution in [3.63, 3.8) is 0 Å². The SMILES string of the molecule is CCC(Sc1nc(C(C)C)cc(=O)[nH]1)C(=O)Nc1cccc(C)c1. The lowest BCUT2D eigenvalue weighted by atomic mass is 10.1. The van der Waals surface area contributed by atoms with E-state index >= 15 is 0 Å². The molecule has 0 bridgehead atoms. The molecule has 1 unspecified atom stereocenters. The molecular formula is C18H23N3O2S. The van der Waals surface area contributed by atoms with Crippen LogP contribution in [-0.2, 0) is 4.79 Å². The van der Waals surface area contributed by atoms with Gasteiger partial charge in [0, 0.05) is 11.8 Å². The van der Waals surface area contributed by atoms with Gasteiger partial charge in [-0.05, 0) is 37.0 Å². The summed E-state index contributed by atoms with van der Waals surface area (Å²) in [6.07, 6.45) is 0.637. The van der Waals surface area contributed by atoms with Gasteiger partial charge >= 0.3 is 0 Å². The first-order valence-electron chi connectivity index (χ1n) is 8.04. The lowest BCUT2D eigenvalue weighted by molar-refractivity contribution is -0.115. The maximum Gasteiger partial charge on any atom is 0.251 e. The van der Waals surface area contributed by atoms with Crippen LogP contribution in [-0.4, -0.2) is 21.1 Å². The molecule has 1 aromatic carbocycles. The first-order chi connectivity index (χ1) is 11.4. The highest BCUT2D eigenvalue weighted by molar-refractivity contribution is 8.00. The minimum absolute atomic E-state index is 0.0919. The number of rotatable bonds is 6. The summed E-state index contributed by atoms with van der Waals surface area (Å²) in [5, 5.41) is 3.09. The van der Waals surface area contributed by atoms with E-state index < -0.39 is 0 Å². The summed E-state index contributed by atoms with van der Waals surface area (Å²) in [6, 6.07) is 9.18. The Morgan fingerprint density at radius 2 is 2.08 bits per heavy atom. The van der Waals surface area contributed by atoms with Gasteiger partial charge < -0.3 is 10.3 Å². The van der Waals surface area contributed by atoms with Crippen LogP contribution in [0.3, 0.4) is 0 Å². The van der Waals surface area contributed by atoms with Gasteiger partial charge in [-0.3, -0.25) is 9.59 Å². The fourth-order valence-corrected chi connectivity index (χ4v) is 3.13. The average molecular weight is 345 g/mol. The number of H-pyrrole nitrogens is 1. The van der Waals surface area contributed by atoms with Crippen molar-refractivity contribution in [1.82, 2.24) is 9.97 Å². The Morgan fingerprint density at radius 3 is 2.71 bits per heavy atom. The van der Waals surface area contributed by atoms with Crippen LogP contribution in [0.1, 0.15) is 44.4 Å². The van der Waals surface area contributed by atoms with Crippen LogP contribution in [0, 0.1) is 6.92 Å². The monoisotopic (exact) mass is 345 g/mol. The number of amides is 1. The fourth-order valence-electron chi connectivity index (χ4n) is 2.21. The quantitative estimate of drug-likeness (QED) is 0.618. The van der Waals surface area contributed by atoms with Gasteiger partial charge in [-0.25, -0.2) is 4.98 Å². The number of hydrogen-bond donors (Lipinski definition) is 2. The average Bonchev–Trinajstić information content (AvgIpc) is 2.52. The third kappa shape index (κ3) is 4.96. The molecule has 0 aliphatic carbocycles. The molecule has 1 heterocycles. The summed E-state index contributed by atoms with van der Waals surface area (Å²) < 4.78 is 0. The van der Waals surface area contributed by atoms with Crippen molar-refractivity contribution in [2.75, 3.05) is 5.32 Å². The van der Waals surface area contributed by atoms with Crippen molar-refractivity contribution < 1.29 is 4.79 Å². The number of thioether (sulfide) groups is 1. The summed E-state index contributed by atoms with van der Waals surface area (Å²) in [4.78, 5) is 31.4. The second-order valence-corrected chi connectivity index (χ2v) is 7.20. The summed E-state index contributed by atoms with van der Waals surface area (Å²) >= 11 is 1.29. The Morgan fingerprint density at radius 1 is 1.33 bits per heavy atom. The van der Waals surface area contributed by atoms with Gasteiger partial charge in [0.05, 0.1) is 10.9 Å². The zero-order valence-corrected chi connectivity index (χ0v) is 15.2. The lowest BCUT2D eigenvalue weighted by Crippen LogP contribution is -2.25. The fraction of sp³-hybridized carbons (Fsp3) is 0.389. The number of aryl methyl sites for hydroxylation is 1. The predicted molar refractivity (Wildman–Crippen MR) is 98.7 cm³/mol. The van der Waals surface area contributed by atoms with Gasteiger partial charge in [-0.1, -0.05) is 44.7 Å². The van der Waals surface area contributed by atoms with Crippen molar-refractivity contribution in [2.45, 2.75) is 50.4 Å². The minimum Gasteiger partial charge on any atom is -0.325 e. The van der Waals surface area contributed by atoms with E-state index in [1.807, 2.05) is 52.0 Å². The largest absolute Gasteiger partial charge is 0.325 e. The number of carbonyl (C=O) groups excluding carboxylic acids is 1. The number of aromatic nitrogens is 2. The number of anilines is 1. The molecule has 24 heavy (non-hydrogen) atoms. The summed E-state index contributed by atoms with van der Waals surface area (Å²) in [7, 11) is 0. The highest BCUT2D eigenvalue weighted by Crippen LogP contribution is 2.24. The smallest absolute Gasteiger partial charge is 0.251 e. The molecule has 1 aromatic heterocycles. The van der Waals surface area contributed by atoms with Crippen molar-refractivity contribution in [3.05, 3.63) is 51.9 Å². The molecule has 1 amide bonds. The molecule has 0 aliphatic heterocycles. The summed E-state index contributed by atoms with van der Waals surface area (Å²) in [6.45, 7) is 7.89. The van der Waals surface area contributed by atoms with E-state index in [-0.39, 0.29) is 22.6 Å². The van der Waals surface area contributed by atoms with Crippen LogP contribution in [0.4, 0.5) is 5.69 Å². The summed E-state index contributed by atoms with van der Waals surface area (Å²) in [5.41, 5.74) is 2.40. The molecule has 2 N–H and O–H groups in total. The number of aromatic amines is 1. The Balaban J connectivity index is 2.14. The number of carbonyl (C=O) groups is 1. The molecular weight excluding hydrogens is 322 g/mol. The molecule has 0 saturated carbocycles. The normalized spacial score (nSPS) is 12.2. The molecule has 0 aliphatic rings. The van der Waals surface area contributed by atoms with Crippen molar-refractivity contribution in [1.29, 1.82) is 0 Å². The topological polar surface area (TPSA) is 74.8 Å². The molecule has 1 atom stereocenters. The van der Waals surface area contributed by atoms with Crippen LogP contribution in [0.5, 0.6) is 0 Å². The van der Waals surface area contributed by atoms with Crippen LogP contribution in [0.15, 0.2) is 40.3 Å². The number of hydrogen-bond acceptors (Lipinski definition) is 4. The first kappa shape index (κ1) is 18.3. The molecule has 0 spiro atoms. The van der Waals surface area contributed by atoms with Crippen molar-refractivity contribution in [2.24, 2.45) is 0 Å². The van der Waals surface area contributed by atoms with Crippen LogP contribution < -0.4 is 10.9 Å². The van der Waals surface area contributed by atoms with Gasteiger partial charge in [-0.2, -0.15) is 0 Å². The van der Waals surface area contributed by atoms with Crippen molar-refractivity contribution in [3.8, 4) is 0 Å². The number of nitrogens with one attached hydrogen (secondary N) is 2. The van der Waals surface area contributed by atoms with Crippen molar-refractivity contribution >= 4 is 23.4 Å². The van der Waals surface area contributed by atoms with E-state index in [0.29, 0.717) is 11.6 Å². The maximum atomic E-state index is 12.5. The van der Waals surface area contributed by atoms with Gasteiger partial charge in [-0.15, -0.1) is 0 Å². The standard InChI is InChI=1S/C18H23N3O2S/c1-5-15(17(23)19-13-8-6-7-12(4)9-13)24-18-20-14(11(2)3)10-16(22)21-18/h6-11,15H,5H2,1-4H3,(H,19,23)(H,20,21,22). The minimum atomic E-state index is -0.323. The van der Waals surface area contributed by atoms with E-state index in [2.05, 4.69) is 15.3 Å². The van der Waals surface area contributed by atoms with E-state index in [4.69, 9.17) is 0 Å². The van der Waals surface area contributed by atoms with E-state index in [1.54, 1.807) is 0 Å². The molecule has 0 saturated heterocycles.